The second-order valence-electron chi connectivity index (χ2n) is 4.48. The van der Waals surface area contributed by atoms with Crippen molar-refractivity contribution < 1.29 is 0 Å². The minimum absolute atomic E-state index is 0.354. The van der Waals surface area contributed by atoms with Gasteiger partial charge in [0, 0.05) is 17.7 Å². The Hall–Kier alpha value is -0.900. The lowest BCUT2D eigenvalue weighted by Crippen LogP contribution is -2.40. The molecule has 0 aromatic rings. The predicted molar refractivity (Wildman–Crippen MR) is 66.8 cm³/mol. The van der Waals surface area contributed by atoms with E-state index in [0.29, 0.717) is 17.1 Å². The van der Waals surface area contributed by atoms with Gasteiger partial charge in [-0.15, -0.1) is 0 Å². The standard InChI is InChI=1S/C11H17N3S/c1-7(2)12-11(15)14-13-10-6-8-4-3-5-9(8)10/h3-4,7-9H,5-6H2,1-2H3,(H2,12,14,15)/b13-10-/t8-,9+/m0/s1. The Labute approximate surface area is 96.0 Å². The maximum Gasteiger partial charge on any atom is 0.187 e. The SMILES string of the molecule is CC(C)NC(=S)N/N=C1/C[C@@H]2C=CC[C@@H]12. The first-order chi connectivity index (χ1) is 7.16. The van der Waals surface area contributed by atoms with Gasteiger partial charge in [-0.25, -0.2) is 0 Å². The number of hydrogen-bond donors (Lipinski definition) is 2. The van der Waals surface area contributed by atoms with Crippen LogP contribution in [-0.4, -0.2) is 16.9 Å². The lowest BCUT2D eigenvalue weighted by Gasteiger charge is -2.32. The molecule has 4 heteroatoms. The van der Waals surface area contributed by atoms with E-state index in [1.54, 1.807) is 0 Å². The molecule has 15 heavy (non-hydrogen) atoms. The molecular formula is C11H17N3S. The van der Waals surface area contributed by atoms with Crippen molar-refractivity contribution in [3.63, 3.8) is 0 Å². The number of hydrazone groups is 1. The summed E-state index contributed by atoms with van der Waals surface area (Å²) in [5.41, 5.74) is 4.17. The molecule has 0 aliphatic heterocycles. The molecule has 82 valence electrons. The Balaban J connectivity index is 1.78. The van der Waals surface area contributed by atoms with Crippen LogP contribution in [0, 0.1) is 11.8 Å². The third-order valence-corrected chi connectivity index (χ3v) is 3.09. The van der Waals surface area contributed by atoms with E-state index in [1.807, 2.05) is 0 Å². The lowest BCUT2D eigenvalue weighted by atomic mass is 9.74. The van der Waals surface area contributed by atoms with Crippen LogP contribution in [0.1, 0.15) is 26.7 Å². The molecule has 0 spiro atoms. The molecule has 2 aliphatic carbocycles. The van der Waals surface area contributed by atoms with E-state index in [9.17, 15) is 0 Å². The van der Waals surface area contributed by atoms with E-state index in [4.69, 9.17) is 12.2 Å². The second kappa shape index (κ2) is 4.31. The minimum atomic E-state index is 0.354. The Morgan fingerprint density at radius 1 is 1.60 bits per heavy atom. The Kier molecular flexibility index (Phi) is 3.05. The topological polar surface area (TPSA) is 36.4 Å². The molecule has 0 aromatic carbocycles. The smallest absolute Gasteiger partial charge is 0.187 e. The Bertz CT molecular complexity index is 320. The van der Waals surface area contributed by atoms with Crippen LogP contribution in [0.5, 0.6) is 0 Å². The van der Waals surface area contributed by atoms with E-state index >= 15 is 0 Å². The minimum Gasteiger partial charge on any atom is -0.359 e. The Morgan fingerprint density at radius 3 is 3.07 bits per heavy atom. The number of rotatable bonds is 2. The van der Waals surface area contributed by atoms with Gasteiger partial charge < -0.3 is 5.32 Å². The molecule has 2 atom stereocenters. The molecule has 0 unspecified atom stereocenters. The molecule has 1 saturated carbocycles. The zero-order chi connectivity index (χ0) is 10.8. The molecule has 0 radical (unpaired) electrons. The first-order valence-corrected chi connectivity index (χ1v) is 5.87. The van der Waals surface area contributed by atoms with Gasteiger partial charge in [-0.2, -0.15) is 5.10 Å². The molecule has 0 bridgehead atoms. The summed E-state index contributed by atoms with van der Waals surface area (Å²) in [5.74, 6) is 1.40. The Morgan fingerprint density at radius 2 is 2.40 bits per heavy atom. The highest BCUT2D eigenvalue weighted by Gasteiger charge is 2.37. The van der Waals surface area contributed by atoms with Gasteiger partial charge in [0.15, 0.2) is 5.11 Å². The summed E-state index contributed by atoms with van der Waals surface area (Å²) < 4.78 is 0. The lowest BCUT2D eigenvalue weighted by molar-refractivity contribution is 0.463. The van der Waals surface area contributed by atoms with Gasteiger partial charge in [0.25, 0.3) is 0 Å². The summed E-state index contributed by atoms with van der Waals surface area (Å²) in [6, 6.07) is 0.354. The molecule has 2 rings (SSSR count). The molecule has 0 heterocycles. The van der Waals surface area contributed by atoms with E-state index in [2.05, 4.69) is 41.8 Å². The van der Waals surface area contributed by atoms with Crippen LogP contribution >= 0.6 is 12.2 Å². The molecular weight excluding hydrogens is 206 g/mol. The van der Waals surface area contributed by atoms with E-state index in [1.165, 1.54) is 5.71 Å². The summed E-state index contributed by atoms with van der Waals surface area (Å²) in [5, 5.41) is 8.07. The fourth-order valence-corrected chi connectivity index (χ4v) is 2.36. The van der Waals surface area contributed by atoms with Crippen molar-refractivity contribution >= 4 is 23.0 Å². The third-order valence-electron chi connectivity index (χ3n) is 2.88. The fourth-order valence-electron chi connectivity index (χ4n) is 2.08. The normalized spacial score (nSPS) is 30.2. The molecule has 2 N–H and O–H groups in total. The average molecular weight is 223 g/mol. The van der Waals surface area contributed by atoms with Gasteiger partial charge in [-0.1, -0.05) is 12.2 Å². The van der Waals surface area contributed by atoms with Crippen LogP contribution in [-0.2, 0) is 0 Å². The van der Waals surface area contributed by atoms with Crippen molar-refractivity contribution in [2.24, 2.45) is 16.9 Å². The number of nitrogens with one attached hydrogen (secondary N) is 2. The highest BCUT2D eigenvalue weighted by atomic mass is 32.1. The zero-order valence-electron chi connectivity index (χ0n) is 9.16. The quantitative estimate of drug-likeness (QED) is 0.426. The predicted octanol–water partition coefficient (Wildman–Crippen LogP) is 1.81. The van der Waals surface area contributed by atoms with Crippen LogP contribution in [0.3, 0.4) is 0 Å². The number of nitrogens with zero attached hydrogens (tertiary/aromatic N) is 1. The van der Waals surface area contributed by atoms with Crippen molar-refractivity contribution in [1.29, 1.82) is 0 Å². The fraction of sp³-hybridized carbons (Fsp3) is 0.636. The van der Waals surface area contributed by atoms with Crippen LogP contribution in [0.2, 0.25) is 0 Å². The molecule has 0 amide bonds. The van der Waals surface area contributed by atoms with Gasteiger partial charge in [0.2, 0.25) is 0 Å². The molecule has 1 fully saturated rings. The van der Waals surface area contributed by atoms with Gasteiger partial charge in [0.05, 0.1) is 0 Å². The van der Waals surface area contributed by atoms with E-state index in [-0.39, 0.29) is 0 Å². The molecule has 2 aliphatic rings. The number of allylic oxidation sites excluding steroid dienone is 2. The number of thiocarbonyl (C=S) groups is 1. The highest BCUT2D eigenvalue weighted by molar-refractivity contribution is 7.80. The van der Waals surface area contributed by atoms with Crippen LogP contribution in [0.25, 0.3) is 0 Å². The molecule has 0 saturated heterocycles. The summed E-state index contributed by atoms with van der Waals surface area (Å²) in [6.45, 7) is 4.11. The summed E-state index contributed by atoms with van der Waals surface area (Å²) >= 11 is 5.10. The number of hydrogen-bond acceptors (Lipinski definition) is 2. The zero-order valence-corrected chi connectivity index (χ0v) is 9.97. The van der Waals surface area contributed by atoms with Crippen molar-refractivity contribution in [1.82, 2.24) is 10.7 Å². The van der Waals surface area contributed by atoms with Gasteiger partial charge in [-0.05, 0) is 44.8 Å². The maximum absolute atomic E-state index is 5.10. The van der Waals surface area contributed by atoms with Crippen molar-refractivity contribution in [2.45, 2.75) is 32.7 Å². The van der Waals surface area contributed by atoms with Gasteiger partial charge in [-0.3, -0.25) is 5.43 Å². The monoisotopic (exact) mass is 223 g/mol. The van der Waals surface area contributed by atoms with Crippen LogP contribution in [0.15, 0.2) is 17.3 Å². The highest BCUT2D eigenvalue weighted by Crippen LogP contribution is 2.39. The molecule has 3 nitrogen and oxygen atoms in total. The van der Waals surface area contributed by atoms with E-state index < -0.39 is 0 Å². The van der Waals surface area contributed by atoms with Crippen molar-refractivity contribution in [2.75, 3.05) is 0 Å². The molecule has 0 aromatic heterocycles. The van der Waals surface area contributed by atoms with Crippen LogP contribution < -0.4 is 10.7 Å². The van der Waals surface area contributed by atoms with Gasteiger partial charge in [0.1, 0.15) is 0 Å². The maximum atomic E-state index is 5.10. The average Bonchev–Trinajstić information content (AvgIpc) is 2.46. The van der Waals surface area contributed by atoms with Crippen LogP contribution in [0.4, 0.5) is 0 Å². The number of fused-ring (bicyclic) bond motifs is 1. The largest absolute Gasteiger partial charge is 0.359 e. The first-order valence-electron chi connectivity index (χ1n) is 5.46. The third kappa shape index (κ3) is 2.37. The van der Waals surface area contributed by atoms with Crippen molar-refractivity contribution in [3.05, 3.63) is 12.2 Å². The second-order valence-corrected chi connectivity index (χ2v) is 4.89. The van der Waals surface area contributed by atoms with E-state index in [0.717, 1.165) is 18.8 Å². The van der Waals surface area contributed by atoms with Crippen molar-refractivity contribution in [3.8, 4) is 0 Å². The van der Waals surface area contributed by atoms with Gasteiger partial charge >= 0.3 is 0 Å². The summed E-state index contributed by atoms with van der Waals surface area (Å²) in [6.07, 6.45) is 6.80. The summed E-state index contributed by atoms with van der Waals surface area (Å²) in [4.78, 5) is 0. The summed E-state index contributed by atoms with van der Waals surface area (Å²) in [7, 11) is 0. The first kappa shape index (κ1) is 10.6.